The third-order valence-corrected chi connectivity index (χ3v) is 5.22. The van der Waals surface area contributed by atoms with Gasteiger partial charge in [-0.3, -0.25) is 0 Å². The lowest BCUT2D eigenvalue weighted by Gasteiger charge is -2.37. The minimum atomic E-state index is -1.44. The molecule has 2 fully saturated rings. The van der Waals surface area contributed by atoms with Gasteiger partial charge >= 0.3 is 0 Å². The van der Waals surface area contributed by atoms with Crippen molar-refractivity contribution in [2.75, 3.05) is 40.6 Å². The summed E-state index contributed by atoms with van der Waals surface area (Å²) in [6, 6.07) is 3.47. The van der Waals surface area contributed by atoms with Crippen LogP contribution in [0.4, 0.5) is 4.39 Å². The summed E-state index contributed by atoms with van der Waals surface area (Å²) >= 11 is 6.55. The van der Waals surface area contributed by atoms with Crippen molar-refractivity contribution in [2.45, 2.75) is 11.3 Å². The van der Waals surface area contributed by atoms with E-state index in [1.807, 2.05) is 0 Å². The normalized spacial score (nSPS) is 18.8. The summed E-state index contributed by atoms with van der Waals surface area (Å²) in [6.07, 6.45) is 3.20. The lowest BCUT2D eigenvalue weighted by atomic mass is 9.93. The zero-order valence-corrected chi connectivity index (χ0v) is 18.4. The Balaban J connectivity index is 0.000000161. The Kier molecular flexibility index (Phi) is 6.55. The largest absolute Gasteiger partial charge is 0.481 e. The molecule has 28 heavy (non-hydrogen) atoms. The molecule has 2 saturated heterocycles. The van der Waals surface area contributed by atoms with Gasteiger partial charge in [0.05, 0.1) is 51.8 Å². The number of aliphatic hydroxyl groups is 1. The van der Waals surface area contributed by atoms with Gasteiger partial charge in [0.15, 0.2) is 5.67 Å². The Morgan fingerprint density at radius 2 is 1.39 bits per heavy atom. The summed E-state index contributed by atoms with van der Waals surface area (Å²) in [4.78, 5) is 8.04. The maximum Gasteiger partial charge on any atom is 0.219 e. The zero-order valence-electron chi connectivity index (χ0n) is 15.2. The van der Waals surface area contributed by atoms with E-state index in [0.717, 1.165) is 8.95 Å². The fraction of sp³-hybridized carbons (Fsp3) is 0.444. The molecule has 152 valence electrons. The van der Waals surface area contributed by atoms with Crippen LogP contribution in [0.25, 0.3) is 0 Å². The molecule has 7 nitrogen and oxygen atoms in total. The average molecular weight is 522 g/mol. The van der Waals surface area contributed by atoms with Crippen LogP contribution >= 0.6 is 31.9 Å². The van der Waals surface area contributed by atoms with Crippen molar-refractivity contribution in [1.82, 2.24) is 9.97 Å². The Morgan fingerprint density at radius 1 is 0.929 bits per heavy atom. The van der Waals surface area contributed by atoms with Gasteiger partial charge in [0, 0.05) is 21.3 Å². The third-order valence-electron chi connectivity index (χ3n) is 4.35. The summed E-state index contributed by atoms with van der Waals surface area (Å²) in [5, 5.41) is 10.1. The highest BCUT2D eigenvalue weighted by atomic mass is 79.9. The summed E-state index contributed by atoms with van der Waals surface area (Å²) < 4.78 is 35.5. The predicted octanol–water partition coefficient (Wildman–Crippen LogP) is 3.12. The van der Waals surface area contributed by atoms with E-state index in [1.165, 1.54) is 14.2 Å². The van der Waals surface area contributed by atoms with Gasteiger partial charge < -0.3 is 24.1 Å². The summed E-state index contributed by atoms with van der Waals surface area (Å²) in [6.45, 7) is 0.728. The molecule has 0 radical (unpaired) electrons. The van der Waals surface area contributed by atoms with Crippen molar-refractivity contribution in [2.24, 2.45) is 0 Å². The molecule has 4 heterocycles. The minimum absolute atomic E-state index is 0.0709. The van der Waals surface area contributed by atoms with Crippen LogP contribution in [0.2, 0.25) is 0 Å². The molecule has 4 rings (SSSR count). The molecule has 10 heteroatoms. The van der Waals surface area contributed by atoms with Crippen molar-refractivity contribution in [3.63, 3.8) is 0 Å². The van der Waals surface area contributed by atoms with Gasteiger partial charge in [-0.15, -0.1) is 0 Å². The van der Waals surface area contributed by atoms with Crippen LogP contribution in [0.5, 0.6) is 11.8 Å². The standard InChI is InChI=1S/C9H9BrFNO2.C9H10BrNO3/c1-13-8-7(2-6(10)3-12-8)9(11)4-14-5-9;1-13-8-7(2-6(10)3-11-8)9(12)4-14-5-9/h2-3H,4-5H2,1H3;2-3,12H,4-5H2,1H3. The van der Waals surface area contributed by atoms with Gasteiger partial charge in [-0.25, -0.2) is 14.4 Å². The fourth-order valence-corrected chi connectivity index (χ4v) is 3.38. The quantitative estimate of drug-likeness (QED) is 0.661. The highest BCUT2D eigenvalue weighted by Crippen LogP contribution is 2.39. The van der Waals surface area contributed by atoms with Gasteiger partial charge in [-0.05, 0) is 44.0 Å². The first-order valence-electron chi connectivity index (χ1n) is 8.28. The lowest BCUT2D eigenvalue weighted by molar-refractivity contribution is -0.185. The minimum Gasteiger partial charge on any atom is -0.481 e. The van der Waals surface area contributed by atoms with Crippen LogP contribution < -0.4 is 9.47 Å². The number of nitrogens with zero attached hydrogens (tertiary/aromatic N) is 2. The summed E-state index contributed by atoms with van der Waals surface area (Å²) in [5.74, 6) is 0.762. The van der Waals surface area contributed by atoms with E-state index < -0.39 is 11.3 Å². The average Bonchev–Trinajstić information content (AvgIpc) is 2.64. The number of hydrogen-bond donors (Lipinski definition) is 1. The number of halogens is 3. The van der Waals surface area contributed by atoms with Crippen LogP contribution in [0.1, 0.15) is 11.1 Å². The van der Waals surface area contributed by atoms with Crippen molar-refractivity contribution in [1.29, 1.82) is 0 Å². The molecule has 0 unspecified atom stereocenters. The molecule has 0 spiro atoms. The van der Waals surface area contributed by atoms with Gasteiger partial charge in [0.2, 0.25) is 11.8 Å². The lowest BCUT2D eigenvalue weighted by Crippen LogP contribution is -2.46. The maximum absolute atomic E-state index is 14.0. The number of pyridine rings is 2. The second-order valence-electron chi connectivity index (χ2n) is 6.40. The Morgan fingerprint density at radius 3 is 1.79 bits per heavy atom. The molecule has 1 N–H and O–H groups in total. The SMILES string of the molecule is COc1ncc(Br)cc1C1(F)COC1.COc1ncc(Br)cc1C1(O)COC1. The second-order valence-corrected chi connectivity index (χ2v) is 8.23. The van der Waals surface area contributed by atoms with Gasteiger partial charge in [0.25, 0.3) is 0 Å². The molecule has 2 aromatic heterocycles. The highest BCUT2D eigenvalue weighted by Gasteiger charge is 2.43. The molecule has 2 aliphatic heterocycles. The summed E-state index contributed by atoms with van der Waals surface area (Å²) in [5.41, 5.74) is -1.27. The van der Waals surface area contributed by atoms with Crippen molar-refractivity contribution < 1.29 is 28.4 Å². The second kappa shape index (κ2) is 8.58. The van der Waals surface area contributed by atoms with Gasteiger partial charge in [0.1, 0.15) is 5.60 Å². The Labute approximate surface area is 178 Å². The van der Waals surface area contributed by atoms with E-state index >= 15 is 0 Å². The molecule has 0 bridgehead atoms. The number of aromatic nitrogens is 2. The predicted molar refractivity (Wildman–Crippen MR) is 105 cm³/mol. The molecule has 0 saturated carbocycles. The fourth-order valence-electron chi connectivity index (χ4n) is 2.72. The zero-order chi connectivity index (χ0) is 20.4. The Bertz CT molecular complexity index is 777. The first kappa shape index (κ1) is 21.4. The van der Waals surface area contributed by atoms with Crippen molar-refractivity contribution in [3.8, 4) is 11.8 Å². The van der Waals surface area contributed by atoms with Crippen LogP contribution in [0.15, 0.2) is 33.5 Å². The highest BCUT2D eigenvalue weighted by molar-refractivity contribution is 9.10. The number of rotatable bonds is 4. The molecular formula is C18H19Br2FN2O5. The smallest absolute Gasteiger partial charge is 0.219 e. The topological polar surface area (TPSA) is 82.9 Å². The molecule has 2 aliphatic rings. The van der Waals surface area contributed by atoms with E-state index in [2.05, 4.69) is 41.8 Å². The maximum atomic E-state index is 14.0. The Hall–Kier alpha value is -1.33. The van der Waals surface area contributed by atoms with Crippen molar-refractivity contribution in [3.05, 3.63) is 44.6 Å². The molecular weight excluding hydrogens is 503 g/mol. The van der Waals surface area contributed by atoms with Crippen LogP contribution in [0.3, 0.4) is 0 Å². The van der Waals surface area contributed by atoms with Gasteiger partial charge in [-0.2, -0.15) is 0 Å². The number of hydrogen-bond acceptors (Lipinski definition) is 7. The summed E-state index contributed by atoms with van der Waals surface area (Å²) in [7, 11) is 3.01. The van der Waals surface area contributed by atoms with E-state index in [9.17, 15) is 9.50 Å². The van der Waals surface area contributed by atoms with E-state index in [1.54, 1.807) is 24.5 Å². The van der Waals surface area contributed by atoms with E-state index in [-0.39, 0.29) is 13.2 Å². The van der Waals surface area contributed by atoms with Crippen LogP contribution in [-0.2, 0) is 20.7 Å². The molecule has 2 aromatic rings. The van der Waals surface area contributed by atoms with Gasteiger partial charge in [-0.1, -0.05) is 0 Å². The molecule has 0 amide bonds. The van der Waals surface area contributed by atoms with Crippen LogP contribution in [-0.4, -0.2) is 55.7 Å². The van der Waals surface area contributed by atoms with Crippen LogP contribution in [0, 0.1) is 0 Å². The third kappa shape index (κ3) is 4.30. The monoisotopic (exact) mass is 520 g/mol. The molecule has 0 aliphatic carbocycles. The first-order valence-corrected chi connectivity index (χ1v) is 9.87. The molecule has 0 atom stereocenters. The first-order chi connectivity index (χ1) is 13.3. The van der Waals surface area contributed by atoms with E-state index in [4.69, 9.17) is 18.9 Å². The number of alkyl halides is 1. The van der Waals surface area contributed by atoms with Crippen molar-refractivity contribution >= 4 is 31.9 Å². The number of methoxy groups -OCH3 is 2. The van der Waals surface area contributed by atoms with E-state index in [0.29, 0.717) is 36.1 Å². The number of ether oxygens (including phenoxy) is 4. The molecule has 0 aromatic carbocycles.